The van der Waals surface area contributed by atoms with E-state index >= 15 is 0 Å². The van der Waals surface area contributed by atoms with Gasteiger partial charge in [0.15, 0.2) is 6.10 Å². The lowest BCUT2D eigenvalue weighted by atomic mass is 9.51. The van der Waals surface area contributed by atoms with E-state index in [1.165, 1.54) is 36.4 Å². The van der Waals surface area contributed by atoms with Crippen LogP contribution in [-0.2, 0) is 111 Å². The lowest BCUT2D eigenvalue weighted by Gasteiger charge is -2.58. The molecule has 1 aromatic rings. The van der Waals surface area contributed by atoms with Crippen molar-refractivity contribution in [2.24, 2.45) is 22.5 Å². The number of hydrogen-bond acceptors (Lipinski definition) is 27. The average molecular weight is 1340 g/mol. The maximum Gasteiger partial charge on any atom is 0.335 e. The van der Waals surface area contributed by atoms with Crippen LogP contribution in [0.3, 0.4) is 0 Å². The first-order valence-electron chi connectivity index (χ1n) is 32.0. The molecule has 0 aromatic heterocycles. The number of allylic oxidation sites excluding steroid dienone is 3. The fourth-order valence-electron chi connectivity index (χ4n) is 12.0. The molecule has 2 spiro atoms. The molecule has 2 aliphatic carbocycles. The third kappa shape index (κ3) is 21.2. The Morgan fingerprint density at radius 1 is 0.702 bits per heavy atom. The number of carboxylic acid groups (broad SMARTS) is 1. The van der Waals surface area contributed by atoms with Crippen molar-refractivity contribution in [3.05, 3.63) is 59.7 Å². The van der Waals surface area contributed by atoms with Crippen molar-refractivity contribution >= 4 is 47.3 Å². The number of cyclic esters (lactones) is 2. The number of anilines is 1. The Labute approximate surface area is 545 Å². The SMILES string of the molecule is CC1=C[C@H]2O[C@@H]3C[C@H]4OC(=O)/C=C\C=C\C(=O)OCC[C@@H](C)[C@@H](NC(=O)CCCC(=O)OCc5ccc(O[C@@H]6O[C@H](C(=O)O)[C@@H](O)[C@H](O)[C@H]6O)c(NC(=O)CCOCCOCCOCCOCCOCCOCCOCCOCCN)c5)C(=O)OC[C@@]2(CC1)[C@]4(C)[C@]31CO1. The van der Waals surface area contributed by atoms with Gasteiger partial charge in [-0.15, -0.1) is 0 Å². The monoisotopic (exact) mass is 1340 g/mol. The number of carboxylic acids is 1. The minimum absolute atomic E-state index is 0.00854. The number of esters is 4. The van der Waals surface area contributed by atoms with Gasteiger partial charge in [-0.05, 0) is 56.2 Å². The quantitative estimate of drug-likeness (QED) is 0.0160. The van der Waals surface area contributed by atoms with Crippen LogP contribution in [0, 0.1) is 16.7 Å². The van der Waals surface area contributed by atoms with E-state index in [1.54, 1.807) is 6.92 Å². The number of benzene rings is 1. The Kier molecular flexibility index (Phi) is 30.5. The lowest BCUT2D eigenvalue weighted by Crippen LogP contribution is -2.67. The molecule has 0 unspecified atom stereocenters. The zero-order chi connectivity index (χ0) is 67.5. The van der Waals surface area contributed by atoms with Gasteiger partial charge >= 0.3 is 29.8 Å². The van der Waals surface area contributed by atoms with E-state index in [0.717, 1.165) is 11.6 Å². The van der Waals surface area contributed by atoms with Gasteiger partial charge in [0.1, 0.15) is 55.0 Å². The molecule has 2 bridgehead atoms. The van der Waals surface area contributed by atoms with E-state index in [0.29, 0.717) is 117 Å². The number of ether oxygens (including phenoxy) is 16. The van der Waals surface area contributed by atoms with E-state index < -0.39 is 119 Å². The number of nitrogens with two attached hydrogens (primary N) is 1. The first-order valence-corrected chi connectivity index (χ1v) is 32.0. The molecule has 2 amide bonds. The van der Waals surface area contributed by atoms with Gasteiger partial charge in [-0.1, -0.05) is 43.7 Å². The van der Waals surface area contributed by atoms with Crippen molar-refractivity contribution in [3.8, 4) is 5.75 Å². The maximum atomic E-state index is 14.4. The highest BCUT2D eigenvalue weighted by Crippen LogP contribution is 2.72. The molecular weight excluding hydrogens is 1240 g/mol. The van der Waals surface area contributed by atoms with Crippen LogP contribution in [0.1, 0.15) is 77.7 Å². The smallest absolute Gasteiger partial charge is 0.335 e. The highest BCUT2D eigenvalue weighted by atomic mass is 16.7. The second kappa shape index (κ2) is 38.0. The summed E-state index contributed by atoms with van der Waals surface area (Å²) in [5.74, 6) is -6.36. The Morgan fingerprint density at radius 3 is 1.89 bits per heavy atom. The van der Waals surface area contributed by atoms with Gasteiger partial charge in [-0.2, -0.15) is 0 Å². The van der Waals surface area contributed by atoms with Crippen LogP contribution in [0.2, 0.25) is 0 Å². The molecular formula is C64H93N3O27. The number of carbonyl (C=O) groups is 7. The number of rotatable bonds is 37. The van der Waals surface area contributed by atoms with Gasteiger partial charge in [0.2, 0.25) is 18.1 Å². The molecule has 30 nitrogen and oxygen atoms in total. The van der Waals surface area contributed by atoms with Gasteiger partial charge in [0.05, 0.1) is 149 Å². The average Bonchev–Trinajstić information content (AvgIpc) is 1.48. The summed E-state index contributed by atoms with van der Waals surface area (Å²) in [5, 5.41) is 46.4. The number of aliphatic hydroxyl groups is 3. The van der Waals surface area contributed by atoms with E-state index in [-0.39, 0.29) is 89.8 Å². The van der Waals surface area contributed by atoms with Gasteiger partial charge in [-0.25, -0.2) is 19.2 Å². The van der Waals surface area contributed by atoms with Gasteiger partial charge in [0.25, 0.3) is 0 Å². The Hall–Kier alpha value is -6.07. The summed E-state index contributed by atoms with van der Waals surface area (Å²) in [6.07, 6.45) is -3.11. The molecule has 0 radical (unpaired) electrons. The summed E-state index contributed by atoms with van der Waals surface area (Å²) in [6, 6.07) is 2.93. The number of nitrogens with one attached hydrogen (secondary N) is 2. The van der Waals surface area contributed by atoms with Crippen LogP contribution in [0.5, 0.6) is 5.75 Å². The van der Waals surface area contributed by atoms with Crippen molar-refractivity contribution < 1.29 is 130 Å². The van der Waals surface area contributed by atoms with Crippen LogP contribution < -0.4 is 21.1 Å². The fourth-order valence-corrected chi connectivity index (χ4v) is 12.0. The number of amides is 2. The van der Waals surface area contributed by atoms with Crippen molar-refractivity contribution in [3.63, 3.8) is 0 Å². The lowest BCUT2D eigenvalue weighted by molar-refractivity contribution is -0.271. The predicted molar refractivity (Wildman–Crippen MR) is 325 cm³/mol. The van der Waals surface area contributed by atoms with E-state index in [4.69, 9.17) is 81.5 Å². The molecule has 7 rings (SSSR count). The van der Waals surface area contributed by atoms with E-state index in [1.807, 2.05) is 19.9 Å². The second-order valence-electron chi connectivity index (χ2n) is 23.7. The van der Waals surface area contributed by atoms with Crippen LogP contribution in [-0.4, -0.2) is 255 Å². The predicted octanol–water partition coefficient (Wildman–Crippen LogP) is 0.899. The molecule has 1 saturated carbocycles. The molecule has 526 valence electrons. The zero-order valence-corrected chi connectivity index (χ0v) is 53.7. The number of aliphatic hydroxyl groups excluding tert-OH is 3. The number of epoxide rings is 1. The van der Waals surface area contributed by atoms with Gasteiger partial charge < -0.3 is 113 Å². The molecule has 13 atom stereocenters. The van der Waals surface area contributed by atoms with E-state index in [2.05, 4.69) is 10.6 Å². The van der Waals surface area contributed by atoms with E-state index in [9.17, 15) is 54.0 Å². The highest BCUT2D eigenvalue weighted by Gasteiger charge is 2.83. The molecule has 4 aliphatic heterocycles. The number of aliphatic carboxylic acids is 1. The fraction of sp³-hybridized carbons (Fsp3) is 0.703. The Balaban J connectivity index is 0.851. The van der Waals surface area contributed by atoms with Crippen LogP contribution in [0.25, 0.3) is 0 Å². The van der Waals surface area contributed by atoms with Crippen molar-refractivity contribution in [2.45, 2.75) is 139 Å². The van der Waals surface area contributed by atoms with Crippen LogP contribution in [0.15, 0.2) is 54.2 Å². The third-order valence-corrected chi connectivity index (χ3v) is 17.4. The molecule has 94 heavy (non-hydrogen) atoms. The molecule has 3 saturated heterocycles. The number of carbonyl (C=O) groups excluding carboxylic acids is 6. The minimum atomic E-state index is -1.99. The molecule has 1 aromatic carbocycles. The number of hydrogen-bond donors (Lipinski definition) is 7. The normalized spacial score (nSPS) is 29.9. The first-order chi connectivity index (χ1) is 45.3. The molecule has 4 fully saturated rings. The van der Waals surface area contributed by atoms with Gasteiger partial charge in [0, 0.05) is 43.4 Å². The van der Waals surface area contributed by atoms with Crippen molar-refractivity contribution in [2.75, 3.05) is 137 Å². The summed E-state index contributed by atoms with van der Waals surface area (Å²) < 4.78 is 91.0. The molecule has 4 heterocycles. The molecule has 6 aliphatic rings. The topological polar surface area (TPSA) is 401 Å². The highest BCUT2D eigenvalue weighted by molar-refractivity contribution is 5.92. The Bertz CT molecular complexity index is 2730. The maximum absolute atomic E-state index is 14.4. The first kappa shape index (κ1) is 75.3. The summed E-state index contributed by atoms with van der Waals surface area (Å²) in [4.78, 5) is 92.2. The molecule has 30 heteroatoms. The summed E-state index contributed by atoms with van der Waals surface area (Å²) in [5.41, 5.74) is 4.18. The summed E-state index contributed by atoms with van der Waals surface area (Å²) >= 11 is 0. The van der Waals surface area contributed by atoms with Crippen molar-refractivity contribution in [1.29, 1.82) is 0 Å². The zero-order valence-electron chi connectivity index (χ0n) is 53.7. The minimum Gasteiger partial charge on any atom is -0.479 e. The van der Waals surface area contributed by atoms with Gasteiger partial charge in [-0.3, -0.25) is 14.4 Å². The second-order valence-corrected chi connectivity index (χ2v) is 23.7. The third-order valence-electron chi connectivity index (χ3n) is 17.4. The van der Waals surface area contributed by atoms with Crippen LogP contribution in [0.4, 0.5) is 5.69 Å². The van der Waals surface area contributed by atoms with Crippen molar-refractivity contribution in [1.82, 2.24) is 5.32 Å². The Morgan fingerprint density at radius 2 is 1.30 bits per heavy atom. The standard InChI is InChI=1S/C64H93N3O27/c1-41-13-16-63-39-89-60(78)54(42(2)14-19-87-51(70)8-4-5-9-53(72)93-46-37-48(92-47(63)35-41)64(40-90-64)62(46,63)3)67-49(68)7-6-10-52(71)88-38-43-11-12-45(91-61-57(75)55(73)56(74)58(94-61)59(76)77)44(36-43)66-50(69)15-18-79-21-23-81-25-27-83-29-31-85-33-34-86-32-30-84-28-26-82-24-22-80-20-17-65/h4-5,8-9,11-12,35-36,42,46-48,54-58,61,73-75H,6-7,10,13-34,37-40,65H2,1-3H3,(H,66,69)(H,67,68)(H,76,77)/b8-4+,9-5-/t42-,46-,47-,48-,54-,55+,56+,57-,58+,61-,62-,63-,64+/m1/s1. The van der Waals surface area contributed by atoms with Crippen LogP contribution >= 0.6 is 0 Å². The molecule has 8 N–H and O–H groups in total. The summed E-state index contributed by atoms with van der Waals surface area (Å²) in [6.45, 7) is 11.7. The summed E-state index contributed by atoms with van der Waals surface area (Å²) in [7, 11) is 0. The largest absolute Gasteiger partial charge is 0.479 e.